The van der Waals surface area contributed by atoms with E-state index in [4.69, 9.17) is 33.3 Å². The highest BCUT2D eigenvalue weighted by Gasteiger charge is 2.31. The Morgan fingerprint density at radius 1 is 1.26 bits per heavy atom. The van der Waals surface area contributed by atoms with Crippen molar-refractivity contribution in [2.75, 3.05) is 13.7 Å². The molecule has 1 aliphatic heterocycles. The number of thiocarbonyl (C=S) groups is 1. The zero-order valence-corrected chi connectivity index (χ0v) is 19.9. The van der Waals surface area contributed by atoms with Gasteiger partial charge in [0.1, 0.15) is 10.9 Å². The Hall–Kier alpha value is -2.28. The number of hydrogen-bond acceptors (Lipinski definition) is 5. The van der Waals surface area contributed by atoms with E-state index in [0.29, 0.717) is 45.3 Å². The molecule has 2 aromatic rings. The molecule has 162 valence electrons. The summed E-state index contributed by atoms with van der Waals surface area (Å²) in [6.45, 7) is 6.89. The average molecular weight is 474 g/mol. The molecule has 1 aliphatic rings. The van der Waals surface area contributed by atoms with Crippen molar-refractivity contribution in [1.82, 2.24) is 4.90 Å². The van der Waals surface area contributed by atoms with Crippen LogP contribution < -0.4 is 9.47 Å². The zero-order chi connectivity index (χ0) is 22.4. The van der Waals surface area contributed by atoms with E-state index in [2.05, 4.69) is 6.58 Å². The molecule has 0 unspecified atom stereocenters. The van der Waals surface area contributed by atoms with Crippen molar-refractivity contribution in [1.29, 1.82) is 0 Å². The highest BCUT2D eigenvalue weighted by Crippen LogP contribution is 2.37. The van der Waals surface area contributed by atoms with Crippen LogP contribution in [0.2, 0.25) is 5.02 Å². The van der Waals surface area contributed by atoms with Crippen molar-refractivity contribution >= 4 is 51.9 Å². The third kappa shape index (κ3) is 5.70. The van der Waals surface area contributed by atoms with Crippen molar-refractivity contribution in [3.05, 3.63) is 75.7 Å². The van der Waals surface area contributed by atoms with Gasteiger partial charge in [-0.05, 0) is 54.3 Å². The van der Waals surface area contributed by atoms with E-state index >= 15 is 0 Å². The molecule has 4 nitrogen and oxygen atoms in total. The minimum Gasteiger partial charge on any atom is -0.493 e. The summed E-state index contributed by atoms with van der Waals surface area (Å²) in [5.74, 6) is 1.21. The summed E-state index contributed by atoms with van der Waals surface area (Å²) in [6.07, 6.45) is 5.13. The van der Waals surface area contributed by atoms with Gasteiger partial charge in [-0.1, -0.05) is 60.7 Å². The molecule has 3 rings (SSSR count). The Morgan fingerprint density at radius 3 is 2.65 bits per heavy atom. The van der Waals surface area contributed by atoms with Gasteiger partial charge in [-0.2, -0.15) is 0 Å². The van der Waals surface area contributed by atoms with E-state index < -0.39 is 0 Å². The highest BCUT2D eigenvalue weighted by molar-refractivity contribution is 8.26. The zero-order valence-electron chi connectivity index (χ0n) is 17.5. The summed E-state index contributed by atoms with van der Waals surface area (Å²) < 4.78 is 12.3. The molecule has 0 radical (unpaired) electrons. The van der Waals surface area contributed by atoms with Crippen molar-refractivity contribution in [3.63, 3.8) is 0 Å². The molecule has 0 atom stereocenters. The molecule has 7 heteroatoms. The molecule has 0 aliphatic carbocycles. The fourth-order valence-electron chi connectivity index (χ4n) is 3.19. The average Bonchev–Trinajstić information content (AvgIpc) is 3.01. The summed E-state index contributed by atoms with van der Waals surface area (Å²) in [5, 5.41) is 0.683. The van der Waals surface area contributed by atoms with Gasteiger partial charge in [0.15, 0.2) is 11.5 Å². The van der Waals surface area contributed by atoms with Crippen LogP contribution in [0.5, 0.6) is 11.5 Å². The van der Waals surface area contributed by atoms with E-state index in [1.807, 2.05) is 55.5 Å². The van der Waals surface area contributed by atoms with Gasteiger partial charge >= 0.3 is 0 Å². The first-order valence-electron chi connectivity index (χ1n) is 9.91. The maximum atomic E-state index is 12.7. The highest BCUT2D eigenvalue weighted by atomic mass is 35.5. The van der Waals surface area contributed by atoms with Gasteiger partial charge in [0.2, 0.25) is 0 Å². The van der Waals surface area contributed by atoms with Crippen LogP contribution in [-0.4, -0.2) is 28.8 Å². The van der Waals surface area contributed by atoms with Crippen LogP contribution in [0, 0.1) is 0 Å². The molecule has 0 bridgehead atoms. The quantitative estimate of drug-likeness (QED) is 0.244. The number of rotatable bonds is 9. The summed E-state index contributed by atoms with van der Waals surface area (Å²) in [5.41, 5.74) is 2.78. The number of carbonyl (C=O) groups excluding carboxylic acids is 1. The summed E-state index contributed by atoms with van der Waals surface area (Å²) >= 11 is 12.7. The van der Waals surface area contributed by atoms with Crippen LogP contribution in [0.15, 0.2) is 54.0 Å². The van der Waals surface area contributed by atoms with E-state index in [0.717, 1.165) is 23.1 Å². The number of thioether (sulfide) groups is 1. The minimum atomic E-state index is -0.0517. The number of halogens is 1. The number of ether oxygens (including phenoxy) is 2. The van der Waals surface area contributed by atoms with Crippen LogP contribution in [-0.2, 0) is 17.8 Å². The molecule has 2 aromatic carbocycles. The predicted molar refractivity (Wildman–Crippen MR) is 133 cm³/mol. The van der Waals surface area contributed by atoms with E-state index in [1.54, 1.807) is 12.0 Å². The molecule has 0 N–H and O–H groups in total. The van der Waals surface area contributed by atoms with E-state index in [-0.39, 0.29) is 5.91 Å². The van der Waals surface area contributed by atoms with Gasteiger partial charge < -0.3 is 9.47 Å². The van der Waals surface area contributed by atoms with Gasteiger partial charge in [-0.25, -0.2) is 0 Å². The van der Waals surface area contributed by atoms with Crippen LogP contribution in [0.1, 0.15) is 30.0 Å². The largest absolute Gasteiger partial charge is 0.493 e. The van der Waals surface area contributed by atoms with Crippen LogP contribution in [0.4, 0.5) is 0 Å². The fraction of sp³-hybridized carbons (Fsp3) is 0.250. The van der Waals surface area contributed by atoms with Gasteiger partial charge in [0.05, 0.1) is 12.0 Å². The SMILES string of the molecule is C=CCc1cc(/C=C2/SC(=S)N(CCC)C2=O)cc(OC)c1OCc1ccc(Cl)cc1. The Kier molecular flexibility index (Phi) is 8.18. The third-order valence-electron chi connectivity index (χ3n) is 4.65. The van der Waals surface area contributed by atoms with Crippen molar-refractivity contribution in [2.45, 2.75) is 26.4 Å². The Labute approximate surface area is 197 Å². The number of carbonyl (C=O) groups is 1. The number of amides is 1. The van der Waals surface area contributed by atoms with Crippen LogP contribution in [0.3, 0.4) is 0 Å². The molecule has 31 heavy (non-hydrogen) atoms. The van der Waals surface area contributed by atoms with Gasteiger partial charge in [-0.3, -0.25) is 9.69 Å². The van der Waals surface area contributed by atoms with E-state index in [1.165, 1.54) is 11.8 Å². The first kappa shape index (κ1) is 23.4. The second-order valence-electron chi connectivity index (χ2n) is 6.95. The predicted octanol–water partition coefficient (Wildman–Crippen LogP) is 6.27. The second kappa shape index (κ2) is 10.8. The van der Waals surface area contributed by atoms with Crippen LogP contribution in [0.25, 0.3) is 6.08 Å². The summed E-state index contributed by atoms with van der Waals surface area (Å²) in [7, 11) is 1.60. The molecule has 0 spiro atoms. The van der Waals surface area contributed by atoms with Crippen molar-refractivity contribution < 1.29 is 14.3 Å². The lowest BCUT2D eigenvalue weighted by Crippen LogP contribution is -2.28. The standard InChI is InChI=1S/C24H24ClNO3S2/c1-4-6-18-12-17(14-21-23(27)26(11-5-2)24(30)31-21)13-20(28-3)22(18)29-15-16-7-9-19(25)10-8-16/h4,7-10,12-14H,1,5-6,11,15H2,2-3H3/b21-14+. The Bertz CT molecular complexity index is 1020. The fourth-order valence-corrected chi connectivity index (χ4v) is 4.63. The Balaban J connectivity index is 1.90. The maximum absolute atomic E-state index is 12.7. The van der Waals surface area contributed by atoms with Gasteiger partial charge in [-0.15, -0.1) is 6.58 Å². The second-order valence-corrected chi connectivity index (χ2v) is 9.06. The van der Waals surface area contributed by atoms with Crippen LogP contribution >= 0.6 is 35.6 Å². The molecule has 1 amide bonds. The lowest BCUT2D eigenvalue weighted by atomic mass is 10.0. The summed E-state index contributed by atoms with van der Waals surface area (Å²) in [6, 6.07) is 11.4. The topological polar surface area (TPSA) is 38.8 Å². The third-order valence-corrected chi connectivity index (χ3v) is 6.28. The lowest BCUT2D eigenvalue weighted by Gasteiger charge is -2.16. The lowest BCUT2D eigenvalue weighted by molar-refractivity contribution is -0.122. The number of methoxy groups -OCH3 is 1. The first-order chi connectivity index (χ1) is 15.0. The maximum Gasteiger partial charge on any atom is 0.266 e. The Morgan fingerprint density at radius 2 is 2.00 bits per heavy atom. The number of hydrogen-bond donors (Lipinski definition) is 0. The van der Waals surface area contributed by atoms with E-state index in [9.17, 15) is 4.79 Å². The molecular formula is C24H24ClNO3S2. The monoisotopic (exact) mass is 473 g/mol. The van der Waals surface area contributed by atoms with Crippen molar-refractivity contribution in [3.8, 4) is 11.5 Å². The minimum absolute atomic E-state index is 0.0517. The van der Waals surface area contributed by atoms with Gasteiger partial charge in [0.25, 0.3) is 5.91 Å². The van der Waals surface area contributed by atoms with Gasteiger partial charge in [0, 0.05) is 17.1 Å². The molecular weight excluding hydrogens is 450 g/mol. The first-order valence-corrected chi connectivity index (χ1v) is 11.5. The molecule has 1 saturated heterocycles. The molecule has 0 aromatic heterocycles. The van der Waals surface area contributed by atoms with Crippen molar-refractivity contribution in [2.24, 2.45) is 0 Å². The molecule has 1 fully saturated rings. The molecule has 0 saturated carbocycles. The number of allylic oxidation sites excluding steroid dienone is 1. The smallest absolute Gasteiger partial charge is 0.266 e. The number of nitrogens with zero attached hydrogens (tertiary/aromatic N) is 1. The number of benzene rings is 2. The summed E-state index contributed by atoms with van der Waals surface area (Å²) in [4.78, 5) is 15.0. The normalized spacial score (nSPS) is 14.9. The molecule has 1 heterocycles.